The van der Waals surface area contributed by atoms with Crippen LogP contribution in [0.3, 0.4) is 0 Å². The van der Waals surface area contributed by atoms with Crippen LogP contribution in [0.25, 0.3) is 0 Å². The summed E-state index contributed by atoms with van der Waals surface area (Å²) in [6.45, 7) is 3.32. The zero-order valence-electron chi connectivity index (χ0n) is 11.3. The lowest BCUT2D eigenvalue weighted by Crippen LogP contribution is -2.59. The van der Waals surface area contributed by atoms with E-state index in [0.29, 0.717) is 17.5 Å². The number of aryl methyl sites for hydroxylation is 1. The third-order valence-electron chi connectivity index (χ3n) is 3.35. The first kappa shape index (κ1) is 14.0. The average Bonchev–Trinajstić information content (AvgIpc) is 2.40. The fourth-order valence-corrected chi connectivity index (χ4v) is 2.24. The number of aromatic hydroxyl groups is 1. The molecule has 3 amide bonds. The van der Waals surface area contributed by atoms with E-state index in [9.17, 15) is 19.5 Å². The third-order valence-corrected chi connectivity index (χ3v) is 3.35. The Morgan fingerprint density at radius 1 is 1.45 bits per heavy atom. The Bertz CT molecular complexity index is 583. The van der Waals surface area contributed by atoms with Crippen molar-refractivity contribution in [3.63, 3.8) is 0 Å². The van der Waals surface area contributed by atoms with Crippen molar-refractivity contribution in [3.8, 4) is 5.75 Å². The number of carbonyl (C=O) groups is 3. The van der Waals surface area contributed by atoms with Crippen molar-refractivity contribution in [2.45, 2.75) is 26.3 Å². The number of benzene rings is 1. The average molecular weight is 276 g/mol. The fraction of sp³-hybridized carbons (Fsp3) is 0.357. The summed E-state index contributed by atoms with van der Waals surface area (Å²) in [6, 6.07) is 3.81. The summed E-state index contributed by atoms with van der Waals surface area (Å²) in [4.78, 5) is 36.9. The number of carbonyl (C=O) groups excluding carboxylic acids is 3. The van der Waals surface area contributed by atoms with Gasteiger partial charge in [0.1, 0.15) is 18.3 Å². The predicted molar refractivity (Wildman–Crippen MR) is 71.1 cm³/mol. The molecule has 0 aliphatic carbocycles. The quantitative estimate of drug-likeness (QED) is 0.773. The van der Waals surface area contributed by atoms with Gasteiger partial charge in [-0.3, -0.25) is 19.7 Å². The van der Waals surface area contributed by atoms with Gasteiger partial charge in [-0.2, -0.15) is 0 Å². The van der Waals surface area contributed by atoms with E-state index in [0.717, 1.165) is 0 Å². The zero-order chi connectivity index (χ0) is 14.9. The number of phenolic OH excluding ortho intramolecular Hbond substituents is 1. The van der Waals surface area contributed by atoms with Crippen LogP contribution in [0.5, 0.6) is 5.75 Å². The number of imide groups is 1. The van der Waals surface area contributed by atoms with Crippen LogP contribution in [-0.4, -0.2) is 40.3 Å². The number of phenols is 1. The summed E-state index contributed by atoms with van der Waals surface area (Å²) in [5.41, 5.74) is 0.915. The number of nitrogens with one attached hydrogen (secondary N) is 1. The molecular formula is C14H16N2O4. The van der Waals surface area contributed by atoms with Crippen LogP contribution >= 0.6 is 0 Å². The fourth-order valence-electron chi connectivity index (χ4n) is 2.24. The normalized spacial score (nSPS) is 18.9. The number of nitrogens with zero attached hydrogens (tertiary/aromatic N) is 1. The minimum absolute atomic E-state index is 0.0982. The summed E-state index contributed by atoms with van der Waals surface area (Å²) in [5, 5.41) is 11.7. The van der Waals surface area contributed by atoms with E-state index in [4.69, 9.17) is 0 Å². The van der Waals surface area contributed by atoms with Gasteiger partial charge in [0.2, 0.25) is 11.8 Å². The number of amides is 3. The first-order valence-electron chi connectivity index (χ1n) is 6.38. The first-order chi connectivity index (χ1) is 9.43. The molecule has 0 aromatic heterocycles. The smallest absolute Gasteiger partial charge is 0.255 e. The Labute approximate surface area is 116 Å². The van der Waals surface area contributed by atoms with Gasteiger partial charge in [0.15, 0.2) is 0 Å². The van der Waals surface area contributed by atoms with E-state index in [-0.39, 0.29) is 18.2 Å². The summed E-state index contributed by atoms with van der Waals surface area (Å²) >= 11 is 0. The standard InChI is InChI=1S/C14H16N2O4/c1-3-10-13(19)15-12(18)7-16(10)14(20)9-4-5-11(17)8(2)6-9/h4-6,10,17H,3,7H2,1-2H3,(H,15,18,19). The van der Waals surface area contributed by atoms with Crippen molar-refractivity contribution in [2.75, 3.05) is 6.54 Å². The van der Waals surface area contributed by atoms with Crippen LogP contribution in [0.1, 0.15) is 29.3 Å². The van der Waals surface area contributed by atoms with E-state index >= 15 is 0 Å². The minimum Gasteiger partial charge on any atom is -0.508 e. The molecule has 2 rings (SSSR count). The van der Waals surface area contributed by atoms with Crippen molar-refractivity contribution >= 4 is 17.7 Å². The molecule has 106 valence electrons. The minimum atomic E-state index is -0.644. The maximum absolute atomic E-state index is 12.4. The molecule has 0 spiro atoms. The second-order valence-electron chi connectivity index (χ2n) is 4.77. The number of hydrogen-bond donors (Lipinski definition) is 2. The Hall–Kier alpha value is -2.37. The molecule has 1 aromatic carbocycles. The van der Waals surface area contributed by atoms with Crippen LogP contribution < -0.4 is 5.32 Å². The molecule has 20 heavy (non-hydrogen) atoms. The second-order valence-corrected chi connectivity index (χ2v) is 4.77. The monoisotopic (exact) mass is 276 g/mol. The van der Waals surface area contributed by atoms with Gasteiger partial charge in [0.25, 0.3) is 5.91 Å². The van der Waals surface area contributed by atoms with Crippen LogP contribution in [0, 0.1) is 6.92 Å². The molecule has 1 atom stereocenters. The molecule has 0 radical (unpaired) electrons. The highest BCUT2D eigenvalue weighted by Gasteiger charge is 2.35. The van der Waals surface area contributed by atoms with Crippen LogP contribution in [0.2, 0.25) is 0 Å². The molecule has 6 heteroatoms. The molecule has 0 bridgehead atoms. The first-order valence-corrected chi connectivity index (χ1v) is 6.38. The maximum atomic E-state index is 12.4. The molecule has 2 N–H and O–H groups in total. The van der Waals surface area contributed by atoms with E-state index in [1.807, 2.05) is 0 Å². The van der Waals surface area contributed by atoms with Crippen LogP contribution in [0.4, 0.5) is 0 Å². The SMILES string of the molecule is CCC1C(=O)NC(=O)CN1C(=O)c1ccc(O)c(C)c1. The summed E-state index contributed by atoms with van der Waals surface area (Å²) in [5.74, 6) is -1.22. The molecule has 1 aliphatic rings. The summed E-state index contributed by atoms with van der Waals surface area (Å²) < 4.78 is 0. The highest BCUT2D eigenvalue weighted by molar-refractivity contribution is 6.07. The molecule has 1 fully saturated rings. The second kappa shape index (κ2) is 5.32. The van der Waals surface area contributed by atoms with Gasteiger partial charge >= 0.3 is 0 Å². The van der Waals surface area contributed by atoms with E-state index in [1.54, 1.807) is 19.9 Å². The highest BCUT2D eigenvalue weighted by atomic mass is 16.3. The van der Waals surface area contributed by atoms with Gasteiger partial charge in [-0.05, 0) is 37.1 Å². The number of hydrogen-bond acceptors (Lipinski definition) is 4. The molecule has 1 unspecified atom stereocenters. The molecule has 1 aromatic rings. The van der Waals surface area contributed by atoms with Crippen molar-refractivity contribution < 1.29 is 19.5 Å². The van der Waals surface area contributed by atoms with E-state index in [2.05, 4.69) is 5.32 Å². The van der Waals surface area contributed by atoms with Gasteiger partial charge in [0, 0.05) is 5.56 Å². The largest absolute Gasteiger partial charge is 0.508 e. The Balaban J connectivity index is 2.32. The topological polar surface area (TPSA) is 86.7 Å². The van der Waals surface area contributed by atoms with Crippen molar-refractivity contribution in [1.29, 1.82) is 0 Å². The maximum Gasteiger partial charge on any atom is 0.255 e. The van der Waals surface area contributed by atoms with E-state index < -0.39 is 17.9 Å². The lowest BCUT2D eigenvalue weighted by atomic mass is 10.1. The van der Waals surface area contributed by atoms with Crippen molar-refractivity contribution in [1.82, 2.24) is 10.2 Å². The Morgan fingerprint density at radius 3 is 2.75 bits per heavy atom. The molecular weight excluding hydrogens is 260 g/mol. The molecule has 1 aliphatic heterocycles. The van der Waals surface area contributed by atoms with Gasteiger partial charge in [-0.1, -0.05) is 6.92 Å². The van der Waals surface area contributed by atoms with Crippen molar-refractivity contribution in [3.05, 3.63) is 29.3 Å². The lowest BCUT2D eigenvalue weighted by molar-refractivity contribution is -0.138. The van der Waals surface area contributed by atoms with E-state index in [1.165, 1.54) is 17.0 Å². The Morgan fingerprint density at radius 2 is 2.15 bits per heavy atom. The number of piperazine rings is 1. The molecule has 6 nitrogen and oxygen atoms in total. The molecule has 0 saturated carbocycles. The summed E-state index contributed by atoms with van der Waals surface area (Å²) in [7, 11) is 0. The summed E-state index contributed by atoms with van der Waals surface area (Å²) in [6.07, 6.45) is 0.432. The molecule has 1 saturated heterocycles. The van der Waals surface area contributed by atoms with Gasteiger partial charge in [-0.25, -0.2) is 0 Å². The van der Waals surface area contributed by atoms with Crippen LogP contribution in [0.15, 0.2) is 18.2 Å². The zero-order valence-corrected chi connectivity index (χ0v) is 11.3. The van der Waals surface area contributed by atoms with Gasteiger partial charge in [0.05, 0.1) is 0 Å². The van der Waals surface area contributed by atoms with Crippen molar-refractivity contribution in [2.24, 2.45) is 0 Å². The number of rotatable bonds is 2. The van der Waals surface area contributed by atoms with Crippen LogP contribution in [-0.2, 0) is 9.59 Å². The highest BCUT2D eigenvalue weighted by Crippen LogP contribution is 2.20. The lowest BCUT2D eigenvalue weighted by Gasteiger charge is -2.33. The van der Waals surface area contributed by atoms with Gasteiger partial charge < -0.3 is 10.0 Å². The third kappa shape index (κ3) is 2.49. The van der Waals surface area contributed by atoms with Gasteiger partial charge in [-0.15, -0.1) is 0 Å². The predicted octanol–water partition coefficient (Wildman–Crippen LogP) is 0.578. The molecule has 1 heterocycles. The Kier molecular flexibility index (Phi) is 3.74.